The molecule has 1 fully saturated rings. The van der Waals surface area contributed by atoms with E-state index in [0.717, 1.165) is 6.16 Å². The molecule has 1 aliphatic rings. The van der Waals surface area contributed by atoms with Crippen molar-refractivity contribution >= 4 is 36.7 Å². The van der Waals surface area contributed by atoms with Gasteiger partial charge in [0.05, 0.1) is 0 Å². The zero-order valence-corrected chi connectivity index (χ0v) is 27.9. The molecule has 5 aromatic carbocycles. The van der Waals surface area contributed by atoms with Crippen molar-refractivity contribution in [3.05, 3.63) is 151 Å². The van der Waals surface area contributed by atoms with Crippen LogP contribution in [-0.2, 0) is 6.42 Å². The van der Waals surface area contributed by atoms with Crippen LogP contribution in [0.5, 0.6) is 0 Å². The molecule has 0 nitrogen and oxygen atoms in total. The fourth-order valence-corrected chi connectivity index (χ4v) is 15.9. The monoisotopic (exact) mass is 646 g/mol. The number of hydrogen-bond donors (Lipinski definition) is 0. The van der Waals surface area contributed by atoms with E-state index in [-0.39, 0.29) is 0 Å². The molecule has 1 saturated carbocycles. The van der Waals surface area contributed by atoms with Gasteiger partial charge < -0.3 is 0 Å². The second-order valence-electron chi connectivity index (χ2n) is 12.5. The molecule has 0 N–H and O–H groups in total. The van der Waals surface area contributed by atoms with Gasteiger partial charge in [-0.2, -0.15) is 0 Å². The Morgan fingerprint density at radius 1 is 0.558 bits per heavy atom. The Kier molecular flexibility index (Phi) is 9.32. The standard InChI is InChI=1S/C41H44BrP/c1-2-3-13-33-20-24-35(25-21-33)37-28-30-38(31-29-37)36-26-22-34(23-27-36)32-43(42,39-14-7-4-8-15-39,40-16-9-5-10-17-40)41-18-11-6-12-19-41/h4-12,14-21,24-25,28-31,34,36H,2-3,13,22-23,26-27,32H2,1H3. The number of rotatable bonds is 10. The molecule has 0 aliphatic heterocycles. The molecule has 5 aromatic rings. The molecule has 6 rings (SSSR count). The van der Waals surface area contributed by atoms with Gasteiger partial charge in [0.25, 0.3) is 0 Å². The molecule has 220 valence electrons. The van der Waals surface area contributed by atoms with Gasteiger partial charge >= 0.3 is 237 Å². The van der Waals surface area contributed by atoms with Crippen LogP contribution in [0.25, 0.3) is 11.1 Å². The van der Waals surface area contributed by atoms with E-state index in [9.17, 15) is 0 Å². The third kappa shape index (κ3) is 6.18. The SMILES string of the molecule is CCCCc1ccc(-c2ccc(C3CCC(CP(Br)(c4ccccc4)(c4ccccc4)c4ccccc4)CC3)cc2)cc1. The first-order valence-electron chi connectivity index (χ1n) is 16.2. The first kappa shape index (κ1) is 30.1. The number of halogens is 1. The van der Waals surface area contributed by atoms with E-state index in [1.165, 1.54) is 83.1 Å². The predicted octanol–water partition coefficient (Wildman–Crippen LogP) is 10.8. The van der Waals surface area contributed by atoms with Crippen LogP contribution in [0.3, 0.4) is 0 Å². The van der Waals surface area contributed by atoms with Gasteiger partial charge in [-0.1, -0.05) is 13.3 Å². The summed E-state index contributed by atoms with van der Waals surface area (Å²) in [6, 6.07) is 52.6. The van der Waals surface area contributed by atoms with Crippen molar-refractivity contribution in [2.24, 2.45) is 5.92 Å². The quantitative estimate of drug-likeness (QED) is 0.132. The van der Waals surface area contributed by atoms with Crippen molar-refractivity contribution in [3.63, 3.8) is 0 Å². The second-order valence-corrected chi connectivity index (χ2v) is 21.5. The van der Waals surface area contributed by atoms with Gasteiger partial charge in [-0.25, -0.2) is 0 Å². The third-order valence-corrected chi connectivity index (χ3v) is 19.7. The number of hydrogen-bond acceptors (Lipinski definition) is 0. The van der Waals surface area contributed by atoms with Crippen molar-refractivity contribution in [2.45, 2.75) is 57.8 Å². The molecule has 0 aromatic heterocycles. The van der Waals surface area contributed by atoms with E-state index in [0.29, 0.717) is 11.8 Å². The van der Waals surface area contributed by atoms with Gasteiger partial charge in [0.1, 0.15) is 0 Å². The Hall–Kier alpha value is -2.99. The third-order valence-electron chi connectivity index (χ3n) is 9.82. The number of unbranched alkanes of at least 4 members (excludes halogenated alkanes) is 1. The van der Waals surface area contributed by atoms with Gasteiger partial charge in [-0.15, -0.1) is 0 Å². The molecule has 0 spiro atoms. The molecule has 0 atom stereocenters. The van der Waals surface area contributed by atoms with Crippen molar-refractivity contribution in [1.29, 1.82) is 0 Å². The fraction of sp³-hybridized carbons (Fsp3) is 0.268. The second kappa shape index (κ2) is 13.3. The molecule has 0 heterocycles. The van der Waals surface area contributed by atoms with E-state index in [4.69, 9.17) is 15.5 Å². The Balaban J connectivity index is 1.22. The van der Waals surface area contributed by atoms with Crippen molar-refractivity contribution < 1.29 is 0 Å². The molecule has 0 amide bonds. The van der Waals surface area contributed by atoms with Crippen LogP contribution in [0, 0.1) is 5.92 Å². The van der Waals surface area contributed by atoms with Crippen LogP contribution in [-0.4, -0.2) is 6.16 Å². The molecular weight excluding hydrogens is 603 g/mol. The van der Waals surface area contributed by atoms with Crippen LogP contribution >= 0.6 is 20.8 Å². The summed E-state index contributed by atoms with van der Waals surface area (Å²) < 4.78 is 0. The average Bonchev–Trinajstić information content (AvgIpc) is 3.09. The molecule has 0 radical (unpaired) electrons. The summed E-state index contributed by atoms with van der Waals surface area (Å²) in [6.07, 6.45) is 9.89. The minimum atomic E-state index is -2.88. The van der Waals surface area contributed by atoms with E-state index in [1.807, 2.05) is 0 Å². The summed E-state index contributed by atoms with van der Waals surface area (Å²) in [6.45, 7) is 2.26. The molecule has 0 unspecified atom stereocenters. The van der Waals surface area contributed by atoms with E-state index < -0.39 is 5.31 Å². The minimum absolute atomic E-state index is 0.647. The van der Waals surface area contributed by atoms with E-state index in [1.54, 1.807) is 0 Å². The molecule has 0 saturated heterocycles. The zero-order valence-electron chi connectivity index (χ0n) is 25.4. The van der Waals surface area contributed by atoms with E-state index in [2.05, 4.69) is 146 Å². The average molecular weight is 648 g/mol. The van der Waals surface area contributed by atoms with Gasteiger partial charge in [-0.05, 0) is 18.4 Å². The number of benzene rings is 5. The summed E-state index contributed by atoms with van der Waals surface area (Å²) in [5.41, 5.74) is 5.60. The Bertz CT molecular complexity index is 1470. The Morgan fingerprint density at radius 2 is 1.00 bits per heavy atom. The first-order valence-corrected chi connectivity index (χ1v) is 20.6. The number of aryl methyl sites for hydroxylation is 1. The zero-order chi connectivity index (χ0) is 29.6. The van der Waals surface area contributed by atoms with Crippen LogP contribution in [0.2, 0.25) is 0 Å². The summed E-state index contributed by atoms with van der Waals surface area (Å²) >= 11 is 4.69. The Morgan fingerprint density at radius 3 is 1.44 bits per heavy atom. The maximum absolute atomic E-state index is 4.69. The van der Waals surface area contributed by atoms with Gasteiger partial charge in [0.2, 0.25) is 0 Å². The molecule has 1 aliphatic carbocycles. The van der Waals surface area contributed by atoms with Crippen molar-refractivity contribution in [3.8, 4) is 11.1 Å². The summed E-state index contributed by atoms with van der Waals surface area (Å²) in [5.74, 6) is 1.31. The van der Waals surface area contributed by atoms with Crippen LogP contribution in [0.1, 0.15) is 62.5 Å². The van der Waals surface area contributed by atoms with Crippen LogP contribution in [0.15, 0.2) is 140 Å². The maximum atomic E-state index is 4.69. The molecule has 43 heavy (non-hydrogen) atoms. The van der Waals surface area contributed by atoms with Crippen molar-refractivity contribution in [2.75, 3.05) is 6.16 Å². The molecule has 2 heteroatoms. The molecule has 0 bridgehead atoms. The van der Waals surface area contributed by atoms with Crippen molar-refractivity contribution in [1.82, 2.24) is 0 Å². The van der Waals surface area contributed by atoms with Gasteiger partial charge in [0, 0.05) is 0 Å². The Labute approximate surface area is 267 Å². The topological polar surface area (TPSA) is 0 Å². The van der Waals surface area contributed by atoms with Crippen LogP contribution < -0.4 is 15.9 Å². The first-order chi connectivity index (χ1) is 21.1. The summed E-state index contributed by atoms with van der Waals surface area (Å²) in [7, 11) is 0. The molecular formula is C41H44BrP. The summed E-state index contributed by atoms with van der Waals surface area (Å²) in [5, 5.41) is 1.42. The van der Waals surface area contributed by atoms with E-state index >= 15 is 0 Å². The summed E-state index contributed by atoms with van der Waals surface area (Å²) in [4.78, 5) is 0. The van der Waals surface area contributed by atoms with Gasteiger partial charge in [-0.3, -0.25) is 0 Å². The van der Waals surface area contributed by atoms with Gasteiger partial charge in [0.15, 0.2) is 0 Å². The van der Waals surface area contributed by atoms with Crippen LogP contribution in [0.4, 0.5) is 0 Å². The normalized spacial score (nSPS) is 18.0. The predicted molar refractivity (Wildman–Crippen MR) is 194 cm³/mol. The fourth-order valence-electron chi connectivity index (χ4n) is 7.34.